The van der Waals surface area contributed by atoms with Crippen LogP contribution < -0.4 is 5.11 Å². The van der Waals surface area contributed by atoms with Crippen molar-refractivity contribution < 1.29 is 14.6 Å². The first-order chi connectivity index (χ1) is 11.2. The minimum absolute atomic E-state index is 0.501. The van der Waals surface area contributed by atoms with Gasteiger partial charge in [-0.05, 0) is 31.8 Å². The van der Waals surface area contributed by atoms with E-state index in [0.29, 0.717) is 12.2 Å². The Balaban J connectivity index is 1.89. The summed E-state index contributed by atoms with van der Waals surface area (Å²) in [6.45, 7) is 2.25. The normalized spacial score (nSPS) is 20.9. The summed E-state index contributed by atoms with van der Waals surface area (Å²) >= 11 is 0. The topological polar surface area (TPSA) is 52.7 Å². The van der Waals surface area contributed by atoms with E-state index < -0.39 is 5.97 Å². The summed E-state index contributed by atoms with van der Waals surface area (Å²) in [5.41, 5.74) is 0. The van der Waals surface area contributed by atoms with E-state index in [1.54, 1.807) is 6.08 Å². The molecule has 1 fully saturated rings. The van der Waals surface area contributed by atoms with Crippen LogP contribution in [-0.4, -0.2) is 18.2 Å². The van der Waals surface area contributed by atoms with Gasteiger partial charge in [-0.1, -0.05) is 75.8 Å². The lowest BCUT2D eigenvalue weighted by Crippen LogP contribution is -2.18. The number of hydrogen-bond acceptors (Lipinski definition) is 3. The van der Waals surface area contributed by atoms with Crippen LogP contribution in [0.4, 0.5) is 0 Å². The molecule has 23 heavy (non-hydrogen) atoms. The van der Waals surface area contributed by atoms with E-state index in [1.807, 2.05) is 12.2 Å². The molecule has 3 nitrogen and oxygen atoms in total. The Morgan fingerprint density at radius 1 is 0.913 bits per heavy atom. The highest BCUT2D eigenvalue weighted by Crippen LogP contribution is 2.31. The van der Waals surface area contributed by atoms with E-state index in [0.717, 1.165) is 25.3 Å². The lowest BCUT2D eigenvalue weighted by atomic mass is 10.1. The molecule has 1 saturated heterocycles. The molecule has 3 heteroatoms. The Labute approximate surface area is 141 Å². The maximum atomic E-state index is 10.1. The van der Waals surface area contributed by atoms with Crippen molar-refractivity contribution in [2.24, 2.45) is 0 Å². The summed E-state index contributed by atoms with van der Waals surface area (Å²) in [7, 11) is 0. The summed E-state index contributed by atoms with van der Waals surface area (Å²) in [6, 6.07) is 0. The van der Waals surface area contributed by atoms with Crippen LogP contribution in [0.1, 0.15) is 71.1 Å². The van der Waals surface area contributed by atoms with Crippen LogP contribution >= 0.6 is 0 Å². The molecule has 1 heterocycles. The second kappa shape index (κ2) is 13.1. The van der Waals surface area contributed by atoms with Gasteiger partial charge in [-0.3, -0.25) is 0 Å². The number of hydrogen-bond donors (Lipinski definition) is 0. The van der Waals surface area contributed by atoms with E-state index >= 15 is 0 Å². The van der Waals surface area contributed by atoms with Crippen LogP contribution in [0.3, 0.4) is 0 Å². The van der Waals surface area contributed by atoms with Crippen molar-refractivity contribution in [2.45, 2.75) is 83.3 Å². The van der Waals surface area contributed by atoms with Gasteiger partial charge in [-0.15, -0.1) is 0 Å². The predicted octanol–water partition coefficient (Wildman–Crippen LogP) is 4.09. The van der Waals surface area contributed by atoms with Gasteiger partial charge >= 0.3 is 0 Å². The fourth-order valence-electron chi connectivity index (χ4n) is 2.69. The van der Waals surface area contributed by atoms with E-state index in [-0.39, 0.29) is 0 Å². The van der Waals surface area contributed by atoms with Crippen molar-refractivity contribution in [2.75, 3.05) is 0 Å². The maximum Gasteiger partial charge on any atom is 0.0842 e. The molecular weight excluding hydrogens is 288 g/mol. The number of carbonyl (C=O) groups excluding carboxylic acids is 1. The monoisotopic (exact) mass is 319 g/mol. The SMILES string of the molecule is CCCCCCCCC1OC1CCC/C=C/C=C/C=C/C(=O)[O-]. The molecule has 0 bridgehead atoms. The molecule has 0 spiro atoms. The zero-order chi connectivity index (χ0) is 16.8. The quantitative estimate of drug-likeness (QED) is 0.210. The second-order valence-electron chi connectivity index (χ2n) is 6.19. The van der Waals surface area contributed by atoms with Crippen LogP contribution in [0.25, 0.3) is 0 Å². The standard InChI is InChI=1S/C20H32O3/c1-2-3-4-5-9-12-15-18-19(23-18)16-13-10-7-6-8-11-14-17-20(21)22/h6-8,11,14,17-19H,2-5,9-10,12-13,15-16H2,1H3,(H,21,22)/p-1/b7-6+,11-8+,17-14+. The lowest BCUT2D eigenvalue weighted by molar-refractivity contribution is -0.297. The largest absolute Gasteiger partial charge is 0.545 e. The van der Waals surface area contributed by atoms with Crippen LogP contribution in [-0.2, 0) is 9.53 Å². The number of allylic oxidation sites excluding steroid dienone is 5. The Morgan fingerprint density at radius 2 is 1.57 bits per heavy atom. The molecule has 0 aromatic carbocycles. The van der Waals surface area contributed by atoms with E-state index in [9.17, 15) is 9.90 Å². The van der Waals surface area contributed by atoms with Crippen molar-refractivity contribution in [3.05, 3.63) is 36.5 Å². The fraction of sp³-hybridized carbons (Fsp3) is 0.650. The minimum Gasteiger partial charge on any atom is -0.545 e. The number of carboxylic acids is 1. The zero-order valence-corrected chi connectivity index (χ0v) is 14.4. The number of epoxide rings is 1. The van der Waals surface area contributed by atoms with Crippen LogP contribution in [0.15, 0.2) is 36.5 Å². The summed E-state index contributed by atoms with van der Waals surface area (Å²) in [4.78, 5) is 10.1. The molecule has 0 N–H and O–H groups in total. The molecule has 1 rings (SSSR count). The number of carboxylic acid groups (broad SMARTS) is 1. The molecule has 1 aliphatic rings. The summed E-state index contributed by atoms with van der Waals surface area (Å²) in [5.74, 6) is -1.17. The third kappa shape index (κ3) is 11.8. The number of carbonyl (C=O) groups is 1. The van der Waals surface area contributed by atoms with Gasteiger partial charge in [0.2, 0.25) is 0 Å². The van der Waals surface area contributed by atoms with E-state index in [2.05, 4.69) is 13.0 Å². The number of rotatable bonds is 14. The zero-order valence-electron chi connectivity index (χ0n) is 14.4. The molecule has 2 unspecified atom stereocenters. The molecule has 0 radical (unpaired) electrons. The average molecular weight is 319 g/mol. The van der Waals surface area contributed by atoms with Crippen LogP contribution in [0.5, 0.6) is 0 Å². The van der Waals surface area contributed by atoms with Gasteiger partial charge in [0.25, 0.3) is 0 Å². The van der Waals surface area contributed by atoms with Crippen LogP contribution in [0.2, 0.25) is 0 Å². The highest BCUT2D eigenvalue weighted by molar-refractivity contribution is 5.77. The minimum atomic E-state index is -1.17. The third-order valence-electron chi connectivity index (χ3n) is 4.09. The van der Waals surface area contributed by atoms with Crippen molar-refractivity contribution in [1.82, 2.24) is 0 Å². The molecule has 0 aliphatic carbocycles. The average Bonchev–Trinajstić information content (AvgIpc) is 3.27. The highest BCUT2D eigenvalue weighted by atomic mass is 16.6. The molecule has 130 valence electrons. The first-order valence-corrected chi connectivity index (χ1v) is 9.10. The summed E-state index contributed by atoms with van der Waals surface area (Å²) < 4.78 is 5.72. The van der Waals surface area contributed by atoms with Gasteiger partial charge in [-0.25, -0.2) is 0 Å². The molecule has 0 aromatic rings. The van der Waals surface area contributed by atoms with Gasteiger partial charge in [0.15, 0.2) is 0 Å². The summed E-state index contributed by atoms with van der Waals surface area (Å²) in [6.07, 6.45) is 23.8. The second-order valence-corrected chi connectivity index (χ2v) is 6.19. The predicted molar refractivity (Wildman–Crippen MR) is 92.9 cm³/mol. The highest BCUT2D eigenvalue weighted by Gasteiger charge is 2.36. The Hall–Kier alpha value is -1.35. The molecule has 1 aliphatic heterocycles. The van der Waals surface area contributed by atoms with Gasteiger partial charge < -0.3 is 14.6 Å². The maximum absolute atomic E-state index is 10.1. The van der Waals surface area contributed by atoms with E-state index in [1.165, 1.54) is 51.0 Å². The van der Waals surface area contributed by atoms with Crippen molar-refractivity contribution >= 4 is 5.97 Å². The third-order valence-corrected chi connectivity index (χ3v) is 4.09. The number of unbranched alkanes of at least 4 members (excludes halogenated alkanes) is 6. The van der Waals surface area contributed by atoms with Crippen molar-refractivity contribution in [3.63, 3.8) is 0 Å². The first kappa shape index (κ1) is 19.7. The molecule has 0 saturated carbocycles. The molecular formula is C20H31O3-. The smallest absolute Gasteiger partial charge is 0.0842 e. The van der Waals surface area contributed by atoms with Crippen LogP contribution in [0, 0.1) is 0 Å². The number of aliphatic carboxylic acids is 1. The molecule has 2 atom stereocenters. The summed E-state index contributed by atoms with van der Waals surface area (Å²) in [5, 5.41) is 10.1. The Kier molecular flexibility index (Phi) is 11.2. The van der Waals surface area contributed by atoms with Crippen molar-refractivity contribution in [3.8, 4) is 0 Å². The first-order valence-electron chi connectivity index (χ1n) is 9.10. The van der Waals surface area contributed by atoms with Crippen molar-refractivity contribution in [1.29, 1.82) is 0 Å². The van der Waals surface area contributed by atoms with Gasteiger partial charge in [0, 0.05) is 0 Å². The van der Waals surface area contributed by atoms with Gasteiger partial charge in [0.1, 0.15) is 0 Å². The molecule has 0 aromatic heterocycles. The molecule has 0 amide bonds. The number of ether oxygens (including phenoxy) is 1. The van der Waals surface area contributed by atoms with Gasteiger partial charge in [0.05, 0.1) is 18.2 Å². The Morgan fingerprint density at radius 3 is 2.30 bits per heavy atom. The van der Waals surface area contributed by atoms with E-state index in [4.69, 9.17) is 4.74 Å². The fourth-order valence-corrected chi connectivity index (χ4v) is 2.69. The Bertz CT molecular complexity index is 396. The lowest BCUT2D eigenvalue weighted by Gasteiger charge is -1.98. The van der Waals surface area contributed by atoms with Gasteiger partial charge in [-0.2, -0.15) is 0 Å².